The van der Waals surface area contributed by atoms with Gasteiger partial charge in [-0.1, -0.05) is 32.4 Å². The molecule has 0 bridgehead atoms. The minimum absolute atomic E-state index is 0.797. The summed E-state index contributed by atoms with van der Waals surface area (Å²) in [6.07, 6.45) is 6.93. The third kappa shape index (κ3) is 1.32. The van der Waals surface area contributed by atoms with E-state index in [1.54, 1.807) is 5.57 Å². The van der Waals surface area contributed by atoms with Crippen LogP contribution >= 0.6 is 0 Å². The fraction of sp³-hybridized carbons (Fsp3) is 0.833. The molecule has 2 aliphatic carbocycles. The zero-order valence-corrected chi connectivity index (χ0v) is 8.51. The van der Waals surface area contributed by atoms with Crippen molar-refractivity contribution in [3.05, 3.63) is 11.6 Å². The molecule has 0 aromatic carbocycles. The second-order valence-electron chi connectivity index (χ2n) is 5.10. The third-order valence-corrected chi connectivity index (χ3v) is 3.65. The molecule has 1 saturated carbocycles. The predicted octanol–water partition coefficient (Wildman–Crippen LogP) is 3.63. The summed E-state index contributed by atoms with van der Waals surface area (Å²) in [5, 5.41) is 0. The molecule has 0 saturated heterocycles. The molecule has 0 heteroatoms. The Balaban J connectivity index is 2.05. The van der Waals surface area contributed by atoms with Crippen molar-refractivity contribution in [1.82, 2.24) is 0 Å². The van der Waals surface area contributed by atoms with E-state index in [1.807, 2.05) is 0 Å². The largest absolute Gasteiger partial charge is 0.0816 e. The zero-order chi connectivity index (χ0) is 8.72. The van der Waals surface area contributed by atoms with Crippen LogP contribution in [-0.4, -0.2) is 0 Å². The summed E-state index contributed by atoms with van der Waals surface area (Å²) in [6, 6.07) is 0. The second-order valence-corrected chi connectivity index (χ2v) is 5.10. The van der Waals surface area contributed by atoms with Crippen molar-refractivity contribution in [2.75, 3.05) is 0 Å². The Morgan fingerprint density at radius 2 is 2.08 bits per heavy atom. The van der Waals surface area contributed by atoms with E-state index < -0.39 is 0 Å². The lowest BCUT2D eigenvalue weighted by Crippen LogP contribution is -1.98. The van der Waals surface area contributed by atoms with Gasteiger partial charge in [0.1, 0.15) is 0 Å². The van der Waals surface area contributed by atoms with Gasteiger partial charge in [0.05, 0.1) is 0 Å². The van der Waals surface area contributed by atoms with Crippen LogP contribution in [0.3, 0.4) is 0 Å². The van der Waals surface area contributed by atoms with E-state index in [-0.39, 0.29) is 0 Å². The molecule has 2 aliphatic rings. The third-order valence-electron chi connectivity index (χ3n) is 3.65. The molecule has 0 nitrogen and oxygen atoms in total. The molecule has 0 aromatic rings. The fourth-order valence-corrected chi connectivity index (χ4v) is 2.96. The minimum atomic E-state index is 0.797. The molecule has 0 heterocycles. The Hall–Kier alpha value is -0.260. The highest BCUT2D eigenvalue weighted by Gasteiger charge is 2.35. The van der Waals surface area contributed by atoms with Crippen LogP contribution in [0.15, 0.2) is 11.6 Å². The van der Waals surface area contributed by atoms with Crippen molar-refractivity contribution in [2.45, 2.75) is 40.0 Å². The molecule has 0 unspecified atom stereocenters. The van der Waals surface area contributed by atoms with Crippen molar-refractivity contribution in [1.29, 1.82) is 0 Å². The quantitative estimate of drug-likeness (QED) is 0.519. The molecule has 0 amide bonds. The lowest BCUT2D eigenvalue weighted by Gasteiger charge is -2.09. The summed E-state index contributed by atoms with van der Waals surface area (Å²) in [7, 11) is 0. The van der Waals surface area contributed by atoms with Gasteiger partial charge in [-0.2, -0.15) is 0 Å². The normalized spacial score (nSPS) is 40.3. The molecular weight excluding hydrogens is 144 g/mol. The van der Waals surface area contributed by atoms with Gasteiger partial charge in [-0.05, 0) is 42.9 Å². The summed E-state index contributed by atoms with van der Waals surface area (Å²) >= 11 is 0. The number of hydrogen-bond donors (Lipinski definition) is 0. The maximum absolute atomic E-state index is 2.58. The van der Waals surface area contributed by atoms with Crippen LogP contribution in [0.25, 0.3) is 0 Å². The summed E-state index contributed by atoms with van der Waals surface area (Å²) < 4.78 is 0. The highest BCUT2D eigenvalue weighted by Crippen LogP contribution is 2.46. The molecule has 0 aliphatic heterocycles. The number of rotatable bonds is 1. The summed E-state index contributed by atoms with van der Waals surface area (Å²) in [5.74, 6) is 3.77. The average Bonchev–Trinajstić information content (AvgIpc) is 2.42. The van der Waals surface area contributed by atoms with Gasteiger partial charge in [-0.15, -0.1) is 0 Å². The molecule has 0 radical (unpaired) electrons. The number of hydrogen-bond acceptors (Lipinski definition) is 0. The van der Waals surface area contributed by atoms with E-state index >= 15 is 0 Å². The van der Waals surface area contributed by atoms with Crippen LogP contribution in [0.4, 0.5) is 0 Å². The Labute approximate surface area is 76.1 Å². The fourth-order valence-electron chi connectivity index (χ4n) is 2.96. The van der Waals surface area contributed by atoms with Crippen LogP contribution in [0.5, 0.6) is 0 Å². The lowest BCUT2D eigenvalue weighted by atomic mass is 9.96. The smallest absolute Gasteiger partial charge is 0.0197 e. The van der Waals surface area contributed by atoms with Gasteiger partial charge in [0.15, 0.2) is 0 Å². The van der Waals surface area contributed by atoms with Crippen molar-refractivity contribution in [3.63, 3.8) is 0 Å². The first-order valence-electron chi connectivity index (χ1n) is 5.37. The lowest BCUT2D eigenvalue weighted by molar-refractivity contribution is 0.477. The highest BCUT2D eigenvalue weighted by molar-refractivity contribution is 5.17. The monoisotopic (exact) mass is 164 g/mol. The maximum Gasteiger partial charge on any atom is -0.0197 e. The van der Waals surface area contributed by atoms with E-state index in [4.69, 9.17) is 0 Å². The van der Waals surface area contributed by atoms with E-state index in [0.29, 0.717) is 0 Å². The Morgan fingerprint density at radius 1 is 1.33 bits per heavy atom. The average molecular weight is 164 g/mol. The molecule has 1 fully saturated rings. The van der Waals surface area contributed by atoms with Gasteiger partial charge < -0.3 is 0 Å². The van der Waals surface area contributed by atoms with Crippen molar-refractivity contribution in [3.8, 4) is 0 Å². The van der Waals surface area contributed by atoms with Gasteiger partial charge in [-0.3, -0.25) is 0 Å². The molecule has 3 atom stereocenters. The SMILES string of the molecule is CC(C)C1=C[C@@H]2C[C@@H](C)C[C@@H]2C1. The Morgan fingerprint density at radius 3 is 2.67 bits per heavy atom. The Bertz CT molecular complexity index is 200. The highest BCUT2D eigenvalue weighted by atomic mass is 14.4. The van der Waals surface area contributed by atoms with Crippen LogP contribution in [0.1, 0.15) is 40.0 Å². The minimum Gasteiger partial charge on any atom is -0.0816 e. The zero-order valence-electron chi connectivity index (χ0n) is 8.51. The van der Waals surface area contributed by atoms with Crippen LogP contribution < -0.4 is 0 Å². The summed E-state index contributed by atoms with van der Waals surface area (Å²) in [6.45, 7) is 7.06. The van der Waals surface area contributed by atoms with Crippen molar-refractivity contribution < 1.29 is 0 Å². The van der Waals surface area contributed by atoms with Crippen LogP contribution in [0.2, 0.25) is 0 Å². The summed E-state index contributed by atoms with van der Waals surface area (Å²) in [5.41, 5.74) is 1.73. The summed E-state index contributed by atoms with van der Waals surface area (Å²) in [4.78, 5) is 0. The second kappa shape index (κ2) is 2.90. The van der Waals surface area contributed by atoms with E-state index in [1.165, 1.54) is 19.3 Å². The van der Waals surface area contributed by atoms with Crippen molar-refractivity contribution >= 4 is 0 Å². The van der Waals surface area contributed by atoms with Gasteiger partial charge in [0.2, 0.25) is 0 Å². The van der Waals surface area contributed by atoms with Crippen molar-refractivity contribution in [2.24, 2.45) is 23.7 Å². The van der Waals surface area contributed by atoms with E-state index in [2.05, 4.69) is 26.8 Å². The van der Waals surface area contributed by atoms with Gasteiger partial charge in [0, 0.05) is 0 Å². The number of allylic oxidation sites excluding steroid dienone is 2. The van der Waals surface area contributed by atoms with Crippen LogP contribution in [0, 0.1) is 23.7 Å². The maximum atomic E-state index is 2.58. The first kappa shape index (κ1) is 8.34. The molecular formula is C12H20. The van der Waals surface area contributed by atoms with Crippen LogP contribution in [-0.2, 0) is 0 Å². The molecule has 0 N–H and O–H groups in total. The van der Waals surface area contributed by atoms with E-state index in [0.717, 1.165) is 23.7 Å². The van der Waals surface area contributed by atoms with Gasteiger partial charge in [0.25, 0.3) is 0 Å². The van der Waals surface area contributed by atoms with Gasteiger partial charge in [-0.25, -0.2) is 0 Å². The standard InChI is InChI=1S/C12H20/c1-8(2)10-6-11-4-9(3)5-12(11)7-10/h6,8-9,11-12H,4-5,7H2,1-3H3/t9-,11+,12-/m1/s1. The molecule has 2 rings (SSSR count). The Kier molecular flexibility index (Phi) is 2.02. The molecule has 12 heavy (non-hydrogen) atoms. The molecule has 68 valence electrons. The first-order chi connectivity index (χ1) is 5.66. The molecule has 0 aromatic heterocycles. The number of fused-ring (bicyclic) bond motifs is 1. The first-order valence-corrected chi connectivity index (χ1v) is 5.37. The topological polar surface area (TPSA) is 0 Å². The van der Waals surface area contributed by atoms with E-state index in [9.17, 15) is 0 Å². The molecule has 0 spiro atoms. The van der Waals surface area contributed by atoms with Gasteiger partial charge >= 0.3 is 0 Å². The predicted molar refractivity (Wildman–Crippen MR) is 52.9 cm³/mol.